The fraction of sp³-hybridized carbons (Fsp3) is 0.625. The van der Waals surface area contributed by atoms with Crippen LogP contribution in [0.15, 0.2) is 24.3 Å². The fourth-order valence-corrected chi connectivity index (χ4v) is 4.63. The van der Waals surface area contributed by atoms with Gasteiger partial charge in [-0.15, -0.1) is 0 Å². The first kappa shape index (κ1) is 10.1. The number of rotatable bonds is 1. The summed E-state index contributed by atoms with van der Waals surface area (Å²) in [5.41, 5.74) is 2.67. The summed E-state index contributed by atoms with van der Waals surface area (Å²) in [6, 6.07) is 8.74. The summed E-state index contributed by atoms with van der Waals surface area (Å²) in [6.07, 6.45) is 7.44. The maximum Gasteiger partial charge on any atom is 0.0745 e. The van der Waals surface area contributed by atoms with Crippen LogP contribution in [0.2, 0.25) is 0 Å². The zero-order chi connectivity index (χ0) is 11.5. The van der Waals surface area contributed by atoms with Crippen LogP contribution in [0.5, 0.6) is 0 Å². The van der Waals surface area contributed by atoms with E-state index in [1.54, 1.807) is 0 Å². The quantitative estimate of drug-likeness (QED) is 0.783. The Labute approximate surface area is 103 Å². The van der Waals surface area contributed by atoms with Crippen LogP contribution in [0.3, 0.4) is 0 Å². The van der Waals surface area contributed by atoms with Crippen LogP contribution in [0.25, 0.3) is 0 Å². The van der Waals surface area contributed by atoms with Crippen molar-refractivity contribution >= 4 is 0 Å². The molecule has 1 aromatic rings. The molecule has 1 aromatic carbocycles. The lowest BCUT2D eigenvalue weighted by Crippen LogP contribution is -2.26. The number of fused-ring (bicyclic) bond motifs is 2. The third-order valence-electron chi connectivity index (χ3n) is 5.55. The molecule has 1 heteroatoms. The number of hydrogen-bond acceptors (Lipinski definition) is 1. The summed E-state index contributed by atoms with van der Waals surface area (Å²) >= 11 is 0. The molecule has 4 rings (SSSR count). The van der Waals surface area contributed by atoms with Crippen molar-refractivity contribution in [3.8, 4) is 0 Å². The molecule has 3 aliphatic rings. The second kappa shape index (κ2) is 3.35. The summed E-state index contributed by atoms with van der Waals surface area (Å²) in [5.74, 6) is 1.78. The van der Waals surface area contributed by atoms with E-state index in [1.165, 1.54) is 36.8 Å². The van der Waals surface area contributed by atoms with Gasteiger partial charge in [0.2, 0.25) is 0 Å². The largest absolute Gasteiger partial charge is 0.389 e. The molecule has 0 radical (unpaired) electrons. The molecule has 0 spiro atoms. The lowest BCUT2D eigenvalue weighted by atomic mass is 9.93. The van der Waals surface area contributed by atoms with Crippen LogP contribution in [0, 0.1) is 17.8 Å². The van der Waals surface area contributed by atoms with Crippen molar-refractivity contribution in [2.24, 2.45) is 17.8 Å². The highest BCUT2D eigenvalue weighted by Gasteiger charge is 2.67. The average Bonchev–Trinajstić information content (AvgIpc) is 2.80. The Bertz CT molecular complexity index is 414. The van der Waals surface area contributed by atoms with Gasteiger partial charge in [0.25, 0.3) is 0 Å². The van der Waals surface area contributed by atoms with Gasteiger partial charge in [-0.2, -0.15) is 0 Å². The van der Waals surface area contributed by atoms with Gasteiger partial charge in [0.05, 0.1) is 5.60 Å². The summed E-state index contributed by atoms with van der Waals surface area (Å²) in [4.78, 5) is 0. The third kappa shape index (κ3) is 1.29. The van der Waals surface area contributed by atoms with E-state index in [2.05, 4.69) is 24.3 Å². The molecule has 2 atom stereocenters. The summed E-state index contributed by atoms with van der Waals surface area (Å²) < 4.78 is 0. The molecule has 0 aliphatic heterocycles. The van der Waals surface area contributed by atoms with Crippen molar-refractivity contribution < 1.29 is 5.11 Å². The normalized spacial score (nSPS) is 39.8. The Morgan fingerprint density at radius 3 is 2.00 bits per heavy atom. The van der Waals surface area contributed by atoms with E-state index >= 15 is 0 Å². The molecular weight excluding hydrogens is 208 g/mol. The van der Waals surface area contributed by atoms with Gasteiger partial charge in [-0.3, -0.25) is 0 Å². The lowest BCUT2D eigenvalue weighted by Gasteiger charge is -2.18. The number of aliphatic hydroxyl groups is 1. The van der Waals surface area contributed by atoms with Crippen molar-refractivity contribution in [1.82, 2.24) is 0 Å². The maximum absolute atomic E-state index is 11.0. The summed E-state index contributed by atoms with van der Waals surface area (Å²) in [7, 11) is 0. The molecule has 1 N–H and O–H groups in total. The van der Waals surface area contributed by atoms with Crippen LogP contribution in [-0.2, 0) is 12.8 Å². The van der Waals surface area contributed by atoms with Gasteiger partial charge in [0.1, 0.15) is 0 Å². The topological polar surface area (TPSA) is 20.2 Å². The molecule has 3 aliphatic carbocycles. The summed E-state index contributed by atoms with van der Waals surface area (Å²) in [6.45, 7) is 0. The summed E-state index contributed by atoms with van der Waals surface area (Å²) in [5, 5.41) is 11.0. The highest BCUT2D eigenvalue weighted by Crippen LogP contribution is 2.63. The second-order valence-electron chi connectivity index (χ2n) is 6.26. The first-order valence-electron chi connectivity index (χ1n) is 7.09. The van der Waals surface area contributed by atoms with E-state index in [4.69, 9.17) is 0 Å². The Hall–Kier alpha value is -0.820. The SMILES string of the molecule is OC1(C2Cc3ccccc3C2)C2CCCCC21. The second-order valence-corrected chi connectivity index (χ2v) is 6.26. The average molecular weight is 228 g/mol. The molecule has 1 nitrogen and oxygen atoms in total. The highest BCUT2D eigenvalue weighted by atomic mass is 16.3. The van der Waals surface area contributed by atoms with Crippen molar-refractivity contribution in [3.05, 3.63) is 35.4 Å². The fourth-order valence-electron chi connectivity index (χ4n) is 4.63. The van der Waals surface area contributed by atoms with Crippen LogP contribution >= 0.6 is 0 Å². The van der Waals surface area contributed by atoms with Crippen molar-refractivity contribution in [3.63, 3.8) is 0 Å². The van der Waals surface area contributed by atoms with Gasteiger partial charge in [-0.05, 0) is 54.6 Å². The Morgan fingerprint density at radius 2 is 1.47 bits per heavy atom. The van der Waals surface area contributed by atoms with Crippen LogP contribution in [0.4, 0.5) is 0 Å². The van der Waals surface area contributed by atoms with E-state index in [0.717, 1.165) is 12.8 Å². The van der Waals surface area contributed by atoms with Gasteiger partial charge < -0.3 is 5.11 Å². The van der Waals surface area contributed by atoms with Gasteiger partial charge in [-0.25, -0.2) is 0 Å². The molecule has 0 amide bonds. The Kier molecular flexibility index (Phi) is 2.00. The molecule has 0 saturated heterocycles. The molecule has 90 valence electrons. The molecule has 0 aromatic heterocycles. The zero-order valence-corrected chi connectivity index (χ0v) is 10.2. The van der Waals surface area contributed by atoms with Gasteiger partial charge in [0, 0.05) is 0 Å². The van der Waals surface area contributed by atoms with E-state index in [1.807, 2.05) is 0 Å². The predicted octanol–water partition coefficient (Wildman–Crippen LogP) is 2.95. The minimum Gasteiger partial charge on any atom is -0.389 e. The molecule has 2 unspecified atom stereocenters. The van der Waals surface area contributed by atoms with Crippen molar-refractivity contribution in [2.45, 2.75) is 44.1 Å². The smallest absolute Gasteiger partial charge is 0.0745 e. The zero-order valence-electron chi connectivity index (χ0n) is 10.2. The number of hydrogen-bond donors (Lipinski definition) is 1. The van der Waals surface area contributed by atoms with Crippen molar-refractivity contribution in [1.29, 1.82) is 0 Å². The lowest BCUT2D eigenvalue weighted by molar-refractivity contribution is 0.0575. The molecular formula is C16H20O. The third-order valence-corrected chi connectivity index (χ3v) is 5.55. The first-order valence-corrected chi connectivity index (χ1v) is 7.09. The maximum atomic E-state index is 11.0. The molecule has 0 bridgehead atoms. The predicted molar refractivity (Wildman–Crippen MR) is 67.7 cm³/mol. The number of benzene rings is 1. The van der Waals surface area contributed by atoms with Gasteiger partial charge >= 0.3 is 0 Å². The van der Waals surface area contributed by atoms with Crippen LogP contribution in [-0.4, -0.2) is 10.7 Å². The van der Waals surface area contributed by atoms with E-state index in [0.29, 0.717) is 17.8 Å². The van der Waals surface area contributed by atoms with Crippen LogP contribution < -0.4 is 0 Å². The minimum absolute atomic E-state index is 0.296. The van der Waals surface area contributed by atoms with E-state index < -0.39 is 0 Å². The van der Waals surface area contributed by atoms with Crippen LogP contribution in [0.1, 0.15) is 36.8 Å². The standard InChI is InChI=1S/C16H20O/c17-16(14-7-3-4-8-15(14)16)13-9-11-5-1-2-6-12(11)10-13/h1-2,5-6,13-15,17H,3-4,7-10H2. The van der Waals surface area contributed by atoms with Crippen molar-refractivity contribution in [2.75, 3.05) is 0 Å². The Balaban J connectivity index is 1.59. The first-order chi connectivity index (χ1) is 8.30. The minimum atomic E-state index is -0.296. The monoisotopic (exact) mass is 228 g/mol. The van der Waals surface area contributed by atoms with Gasteiger partial charge in [0.15, 0.2) is 0 Å². The van der Waals surface area contributed by atoms with E-state index in [-0.39, 0.29) is 5.60 Å². The molecule has 2 fully saturated rings. The molecule has 17 heavy (non-hydrogen) atoms. The highest BCUT2D eigenvalue weighted by molar-refractivity contribution is 5.35. The Morgan fingerprint density at radius 1 is 0.941 bits per heavy atom. The molecule has 2 saturated carbocycles. The molecule has 0 heterocycles. The van der Waals surface area contributed by atoms with E-state index in [9.17, 15) is 5.11 Å². The van der Waals surface area contributed by atoms with Gasteiger partial charge in [-0.1, -0.05) is 37.1 Å².